The van der Waals surface area contributed by atoms with Gasteiger partial charge < -0.3 is 15.4 Å². The zero-order valence-electron chi connectivity index (χ0n) is 12.8. The van der Waals surface area contributed by atoms with E-state index in [1.807, 2.05) is 6.07 Å². The molecular weight excluding hydrogens is 252 g/mol. The molecule has 4 heteroatoms. The summed E-state index contributed by atoms with van der Waals surface area (Å²) < 4.78 is 4.96. The number of hydrogen-bond donors (Lipinski definition) is 1. The van der Waals surface area contributed by atoms with Gasteiger partial charge >= 0.3 is 0 Å². The summed E-state index contributed by atoms with van der Waals surface area (Å²) in [6, 6.07) is 5.77. The first kappa shape index (κ1) is 15.0. The third-order valence-corrected chi connectivity index (χ3v) is 3.77. The van der Waals surface area contributed by atoms with Crippen LogP contribution in [0.15, 0.2) is 18.2 Å². The average Bonchev–Trinajstić information content (AvgIpc) is 2.79. The molecule has 1 unspecified atom stereocenters. The molecule has 0 saturated heterocycles. The Labute approximate surface area is 120 Å². The Morgan fingerprint density at radius 2 is 2.15 bits per heavy atom. The van der Waals surface area contributed by atoms with Crippen molar-refractivity contribution >= 4 is 11.6 Å². The van der Waals surface area contributed by atoms with Gasteiger partial charge in [-0.3, -0.25) is 4.79 Å². The van der Waals surface area contributed by atoms with Crippen LogP contribution in [0.25, 0.3) is 0 Å². The van der Waals surface area contributed by atoms with Gasteiger partial charge in [0.1, 0.15) is 6.04 Å². The van der Waals surface area contributed by atoms with E-state index in [9.17, 15) is 4.79 Å². The maximum atomic E-state index is 12.3. The Morgan fingerprint density at radius 3 is 2.75 bits per heavy atom. The van der Waals surface area contributed by atoms with Crippen LogP contribution in [0, 0.1) is 0 Å². The summed E-state index contributed by atoms with van der Waals surface area (Å²) in [6.45, 7) is 7.55. The largest absolute Gasteiger partial charge is 0.383 e. The summed E-state index contributed by atoms with van der Waals surface area (Å²) in [4.78, 5) is 14.1. The molecule has 0 aromatic heterocycles. The third kappa shape index (κ3) is 2.86. The highest BCUT2D eigenvalue weighted by atomic mass is 16.5. The first-order valence-corrected chi connectivity index (χ1v) is 7.04. The number of anilines is 1. The van der Waals surface area contributed by atoms with Crippen LogP contribution in [-0.2, 0) is 21.4 Å². The van der Waals surface area contributed by atoms with Crippen molar-refractivity contribution in [3.63, 3.8) is 0 Å². The third-order valence-electron chi connectivity index (χ3n) is 3.77. The van der Waals surface area contributed by atoms with Crippen molar-refractivity contribution in [1.82, 2.24) is 0 Å². The number of carbonyl (C=O) groups excluding carboxylic acids is 1. The Balaban J connectivity index is 2.24. The van der Waals surface area contributed by atoms with Crippen molar-refractivity contribution in [2.75, 3.05) is 25.2 Å². The van der Waals surface area contributed by atoms with Crippen LogP contribution in [0.5, 0.6) is 0 Å². The van der Waals surface area contributed by atoms with Gasteiger partial charge in [0.25, 0.3) is 0 Å². The lowest BCUT2D eigenvalue weighted by molar-refractivity contribution is -0.120. The van der Waals surface area contributed by atoms with Gasteiger partial charge in [-0.25, -0.2) is 0 Å². The summed E-state index contributed by atoms with van der Waals surface area (Å²) >= 11 is 0. The van der Waals surface area contributed by atoms with Crippen molar-refractivity contribution in [2.24, 2.45) is 5.73 Å². The van der Waals surface area contributed by atoms with E-state index in [1.54, 1.807) is 12.0 Å². The average molecular weight is 276 g/mol. The van der Waals surface area contributed by atoms with E-state index in [2.05, 4.69) is 32.9 Å². The fourth-order valence-electron chi connectivity index (χ4n) is 2.55. The minimum absolute atomic E-state index is 0.0610. The summed E-state index contributed by atoms with van der Waals surface area (Å²) in [7, 11) is 1.56. The molecule has 1 aromatic carbocycles. The van der Waals surface area contributed by atoms with E-state index in [4.69, 9.17) is 10.5 Å². The first-order valence-electron chi connectivity index (χ1n) is 7.04. The quantitative estimate of drug-likeness (QED) is 0.916. The molecule has 20 heavy (non-hydrogen) atoms. The molecule has 1 aromatic rings. The highest BCUT2D eigenvalue weighted by Gasteiger charge is 2.29. The molecule has 1 aliphatic heterocycles. The zero-order chi connectivity index (χ0) is 14.9. The molecule has 2 rings (SSSR count). The molecule has 0 fully saturated rings. The highest BCUT2D eigenvalue weighted by molar-refractivity contribution is 5.99. The molecular formula is C16H24N2O2. The number of rotatable bonds is 3. The molecule has 110 valence electrons. The number of amides is 1. The summed E-state index contributed by atoms with van der Waals surface area (Å²) in [5, 5.41) is 0. The molecule has 1 amide bonds. The molecule has 1 aliphatic rings. The van der Waals surface area contributed by atoms with Crippen molar-refractivity contribution in [3.05, 3.63) is 29.3 Å². The summed E-state index contributed by atoms with van der Waals surface area (Å²) in [5.74, 6) is -0.0610. The topological polar surface area (TPSA) is 55.6 Å². The smallest absolute Gasteiger partial charge is 0.246 e. The van der Waals surface area contributed by atoms with Gasteiger partial charge in [-0.15, -0.1) is 0 Å². The number of carbonyl (C=O) groups is 1. The zero-order valence-corrected chi connectivity index (χ0v) is 12.8. The van der Waals surface area contributed by atoms with Crippen LogP contribution in [0.3, 0.4) is 0 Å². The van der Waals surface area contributed by atoms with E-state index in [-0.39, 0.29) is 17.9 Å². The predicted octanol–water partition coefficient (Wildman–Crippen LogP) is 1.85. The first-order chi connectivity index (χ1) is 9.34. The molecule has 1 atom stereocenters. The van der Waals surface area contributed by atoms with Crippen LogP contribution < -0.4 is 10.6 Å². The van der Waals surface area contributed by atoms with Gasteiger partial charge in [0.05, 0.1) is 6.61 Å². The lowest BCUT2D eigenvalue weighted by Gasteiger charge is -2.23. The number of methoxy groups -OCH3 is 1. The van der Waals surface area contributed by atoms with E-state index in [0.717, 1.165) is 12.1 Å². The standard InChI is InChI=1S/C16H24N2O2/c1-16(2,3)12-5-6-14-11(9-12)7-8-18(14)15(19)13(17)10-20-4/h5-6,9,13H,7-8,10,17H2,1-4H3. The number of nitrogens with zero attached hydrogens (tertiary/aromatic N) is 1. The van der Waals surface area contributed by atoms with Crippen molar-refractivity contribution < 1.29 is 9.53 Å². The second kappa shape index (κ2) is 5.54. The second-order valence-electron chi connectivity index (χ2n) is 6.40. The number of benzene rings is 1. The van der Waals surface area contributed by atoms with Crippen molar-refractivity contribution in [1.29, 1.82) is 0 Å². The Kier molecular flexibility index (Phi) is 4.16. The maximum Gasteiger partial charge on any atom is 0.246 e. The molecule has 4 nitrogen and oxygen atoms in total. The number of hydrogen-bond acceptors (Lipinski definition) is 3. The van der Waals surface area contributed by atoms with Crippen LogP contribution >= 0.6 is 0 Å². The molecule has 0 spiro atoms. The number of fused-ring (bicyclic) bond motifs is 1. The maximum absolute atomic E-state index is 12.3. The molecule has 2 N–H and O–H groups in total. The molecule has 1 heterocycles. The number of ether oxygens (including phenoxy) is 1. The lowest BCUT2D eigenvalue weighted by atomic mass is 9.86. The summed E-state index contributed by atoms with van der Waals surface area (Å²) in [6.07, 6.45) is 0.894. The van der Waals surface area contributed by atoms with Crippen LogP contribution in [0.4, 0.5) is 5.69 Å². The highest BCUT2D eigenvalue weighted by Crippen LogP contribution is 2.33. The van der Waals surface area contributed by atoms with Gasteiger partial charge in [0.2, 0.25) is 5.91 Å². The summed E-state index contributed by atoms with van der Waals surface area (Å²) in [5.41, 5.74) is 9.50. The Hall–Kier alpha value is -1.39. The van der Waals surface area contributed by atoms with E-state index in [1.165, 1.54) is 11.1 Å². The van der Waals surface area contributed by atoms with Crippen molar-refractivity contribution in [3.8, 4) is 0 Å². The van der Waals surface area contributed by atoms with E-state index < -0.39 is 6.04 Å². The molecule has 0 bridgehead atoms. The van der Waals surface area contributed by atoms with Gasteiger partial charge in [0, 0.05) is 19.3 Å². The fourth-order valence-corrected chi connectivity index (χ4v) is 2.55. The lowest BCUT2D eigenvalue weighted by Crippen LogP contribution is -2.45. The second-order valence-corrected chi connectivity index (χ2v) is 6.40. The predicted molar refractivity (Wildman–Crippen MR) is 81.1 cm³/mol. The Morgan fingerprint density at radius 1 is 1.45 bits per heavy atom. The van der Waals surface area contributed by atoms with E-state index in [0.29, 0.717) is 6.54 Å². The molecule has 0 radical (unpaired) electrons. The SMILES string of the molecule is COCC(N)C(=O)N1CCc2cc(C(C)(C)C)ccc21. The van der Waals surface area contributed by atoms with Crippen molar-refractivity contribution in [2.45, 2.75) is 38.6 Å². The van der Waals surface area contributed by atoms with Gasteiger partial charge in [0.15, 0.2) is 0 Å². The minimum Gasteiger partial charge on any atom is -0.383 e. The van der Waals surface area contributed by atoms with Gasteiger partial charge in [-0.2, -0.15) is 0 Å². The van der Waals surface area contributed by atoms with Gasteiger partial charge in [-0.1, -0.05) is 32.9 Å². The van der Waals surface area contributed by atoms with Crippen LogP contribution in [-0.4, -0.2) is 32.2 Å². The number of nitrogens with two attached hydrogens (primary N) is 1. The molecule has 0 aliphatic carbocycles. The monoisotopic (exact) mass is 276 g/mol. The van der Waals surface area contributed by atoms with Crippen LogP contribution in [0.2, 0.25) is 0 Å². The van der Waals surface area contributed by atoms with Crippen LogP contribution in [0.1, 0.15) is 31.9 Å². The normalized spacial score (nSPS) is 16.1. The van der Waals surface area contributed by atoms with Gasteiger partial charge in [-0.05, 0) is 29.0 Å². The molecule has 0 saturated carbocycles. The fraction of sp³-hybridized carbons (Fsp3) is 0.562. The minimum atomic E-state index is -0.590. The Bertz CT molecular complexity index is 506. The van der Waals surface area contributed by atoms with E-state index >= 15 is 0 Å².